The number of furan rings is 1. The first kappa shape index (κ1) is 14.1. The Morgan fingerprint density at radius 3 is 2.68 bits per heavy atom. The van der Waals surface area contributed by atoms with E-state index >= 15 is 0 Å². The van der Waals surface area contributed by atoms with Gasteiger partial charge in [-0.05, 0) is 30.4 Å². The van der Waals surface area contributed by atoms with Gasteiger partial charge < -0.3 is 15.1 Å². The third-order valence-corrected chi connectivity index (χ3v) is 3.93. The molecule has 1 fully saturated rings. The third kappa shape index (κ3) is 3.18. The molecule has 2 rings (SSSR count). The van der Waals surface area contributed by atoms with Gasteiger partial charge in [0, 0.05) is 13.0 Å². The molecule has 4 heteroatoms. The molecule has 1 aromatic heterocycles. The molecule has 0 aromatic carbocycles. The second kappa shape index (κ2) is 5.37. The van der Waals surface area contributed by atoms with E-state index in [1.807, 2.05) is 26.0 Å². The Kier molecular flexibility index (Phi) is 3.99. The predicted octanol–water partition coefficient (Wildman–Crippen LogP) is 2.34. The van der Waals surface area contributed by atoms with Gasteiger partial charge in [-0.25, -0.2) is 0 Å². The van der Waals surface area contributed by atoms with Crippen LogP contribution in [-0.2, 0) is 11.3 Å². The smallest absolute Gasteiger partial charge is 0.239 e. The first-order chi connectivity index (χ1) is 8.90. The summed E-state index contributed by atoms with van der Waals surface area (Å²) >= 11 is 0. The lowest BCUT2D eigenvalue weighted by Gasteiger charge is -2.22. The van der Waals surface area contributed by atoms with Crippen molar-refractivity contribution in [2.24, 2.45) is 17.6 Å². The van der Waals surface area contributed by atoms with Gasteiger partial charge in [0.25, 0.3) is 0 Å². The summed E-state index contributed by atoms with van der Waals surface area (Å²) < 4.78 is 5.80. The minimum absolute atomic E-state index is 0.0345. The van der Waals surface area contributed by atoms with E-state index in [0.717, 1.165) is 17.4 Å². The van der Waals surface area contributed by atoms with Crippen LogP contribution in [0.5, 0.6) is 0 Å². The summed E-state index contributed by atoms with van der Waals surface area (Å²) in [6.07, 6.45) is 1.21. The molecule has 2 unspecified atom stereocenters. The zero-order chi connectivity index (χ0) is 14.2. The normalized spacial score (nSPS) is 23.5. The largest absolute Gasteiger partial charge is 0.464 e. The molecule has 0 saturated heterocycles. The van der Waals surface area contributed by atoms with Crippen molar-refractivity contribution in [3.8, 4) is 0 Å². The molecule has 0 spiro atoms. The molecule has 1 aromatic rings. The fraction of sp³-hybridized carbons (Fsp3) is 0.667. The minimum Gasteiger partial charge on any atom is -0.464 e. The third-order valence-electron chi connectivity index (χ3n) is 3.93. The van der Waals surface area contributed by atoms with Crippen molar-refractivity contribution in [3.63, 3.8) is 0 Å². The van der Waals surface area contributed by atoms with Crippen molar-refractivity contribution in [1.82, 2.24) is 4.90 Å². The van der Waals surface area contributed by atoms with E-state index in [0.29, 0.717) is 12.5 Å². The predicted molar refractivity (Wildman–Crippen MR) is 74.5 cm³/mol. The van der Waals surface area contributed by atoms with Crippen LogP contribution in [0.1, 0.15) is 44.6 Å². The Morgan fingerprint density at radius 2 is 2.16 bits per heavy atom. The molecule has 0 aliphatic heterocycles. The van der Waals surface area contributed by atoms with Crippen molar-refractivity contribution >= 4 is 5.91 Å². The molecule has 0 radical (unpaired) electrons. The van der Waals surface area contributed by atoms with Crippen LogP contribution < -0.4 is 5.73 Å². The van der Waals surface area contributed by atoms with Gasteiger partial charge in [0.15, 0.2) is 0 Å². The van der Waals surface area contributed by atoms with E-state index in [9.17, 15) is 4.79 Å². The summed E-state index contributed by atoms with van der Waals surface area (Å²) in [5.74, 6) is 3.31. The fourth-order valence-corrected chi connectivity index (χ4v) is 2.25. The number of likely N-dealkylation sites (N-methyl/N-ethyl adjacent to an activating group) is 1. The van der Waals surface area contributed by atoms with Crippen molar-refractivity contribution in [1.29, 1.82) is 0 Å². The van der Waals surface area contributed by atoms with E-state index in [4.69, 9.17) is 10.2 Å². The van der Waals surface area contributed by atoms with Crippen molar-refractivity contribution in [2.45, 2.75) is 45.7 Å². The molecule has 1 amide bonds. The Morgan fingerprint density at radius 1 is 1.53 bits per heavy atom. The molecule has 2 N–H and O–H groups in total. The van der Waals surface area contributed by atoms with E-state index in [1.54, 1.807) is 11.9 Å². The zero-order valence-corrected chi connectivity index (χ0v) is 12.2. The van der Waals surface area contributed by atoms with Gasteiger partial charge in [0.1, 0.15) is 11.5 Å². The van der Waals surface area contributed by atoms with Crippen molar-refractivity contribution in [3.05, 3.63) is 23.7 Å². The van der Waals surface area contributed by atoms with Crippen LogP contribution in [0, 0.1) is 11.8 Å². The maximum absolute atomic E-state index is 12.1. The van der Waals surface area contributed by atoms with Crippen LogP contribution in [0.3, 0.4) is 0 Å². The molecular formula is C15H24N2O2. The van der Waals surface area contributed by atoms with Gasteiger partial charge >= 0.3 is 0 Å². The van der Waals surface area contributed by atoms with Crippen molar-refractivity contribution in [2.75, 3.05) is 7.05 Å². The van der Waals surface area contributed by atoms with Crippen LogP contribution in [0.4, 0.5) is 0 Å². The topological polar surface area (TPSA) is 59.5 Å². The highest BCUT2D eigenvalue weighted by Crippen LogP contribution is 2.47. The van der Waals surface area contributed by atoms with Crippen LogP contribution >= 0.6 is 0 Å². The quantitative estimate of drug-likeness (QED) is 0.888. The molecule has 3 atom stereocenters. The second-order valence-corrected chi connectivity index (χ2v) is 6.09. The number of hydrogen-bond donors (Lipinski definition) is 1. The number of amides is 1. The highest BCUT2D eigenvalue weighted by atomic mass is 16.3. The monoisotopic (exact) mass is 264 g/mol. The van der Waals surface area contributed by atoms with Crippen molar-refractivity contribution < 1.29 is 9.21 Å². The summed E-state index contributed by atoms with van der Waals surface area (Å²) in [6.45, 7) is 6.62. The summed E-state index contributed by atoms with van der Waals surface area (Å²) in [6, 6.07) is 3.55. The highest BCUT2D eigenvalue weighted by molar-refractivity contribution is 5.81. The molecule has 1 heterocycles. The average molecular weight is 264 g/mol. The molecule has 106 valence electrons. The van der Waals surface area contributed by atoms with Gasteiger partial charge in [-0.2, -0.15) is 0 Å². The minimum atomic E-state index is -0.442. The van der Waals surface area contributed by atoms with Gasteiger partial charge in [-0.3, -0.25) is 4.79 Å². The van der Waals surface area contributed by atoms with Crippen LogP contribution in [0.15, 0.2) is 16.5 Å². The maximum atomic E-state index is 12.1. The molecule has 0 bridgehead atoms. The summed E-state index contributed by atoms with van der Waals surface area (Å²) in [7, 11) is 1.77. The van der Waals surface area contributed by atoms with Crippen LogP contribution in [0.25, 0.3) is 0 Å². The molecule has 1 saturated carbocycles. The zero-order valence-electron chi connectivity index (χ0n) is 12.2. The Hall–Kier alpha value is -1.29. The van der Waals surface area contributed by atoms with Gasteiger partial charge in [-0.15, -0.1) is 0 Å². The Labute approximate surface area is 114 Å². The van der Waals surface area contributed by atoms with Gasteiger partial charge in [0.2, 0.25) is 5.91 Å². The molecule has 1 aliphatic rings. The fourth-order valence-electron chi connectivity index (χ4n) is 2.25. The Balaban J connectivity index is 1.93. The number of carbonyl (C=O) groups is 1. The van der Waals surface area contributed by atoms with Gasteiger partial charge in [-0.1, -0.05) is 20.8 Å². The summed E-state index contributed by atoms with van der Waals surface area (Å²) in [5, 5.41) is 0. The highest BCUT2D eigenvalue weighted by Gasteiger charge is 2.36. The number of hydrogen-bond acceptors (Lipinski definition) is 3. The van der Waals surface area contributed by atoms with E-state index in [-0.39, 0.29) is 11.8 Å². The van der Waals surface area contributed by atoms with Gasteiger partial charge in [0.05, 0.1) is 12.6 Å². The number of rotatable bonds is 5. The lowest BCUT2D eigenvalue weighted by Crippen LogP contribution is -2.44. The lowest BCUT2D eigenvalue weighted by molar-refractivity contribution is -0.133. The molecule has 1 aliphatic carbocycles. The average Bonchev–Trinajstić information content (AvgIpc) is 2.90. The molecular weight excluding hydrogens is 240 g/mol. The number of nitrogens with two attached hydrogens (primary N) is 1. The van der Waals surface area contributed by atoms with Crippen LogP contribution in [0.2, 0.25) is 0 Å². The first-order valence-corrected chi connectivity index (χ1v) is 6.99. The summed E-state index contributed by atoms with van der Waals surface area (Å²) in [5.41, 5.74) is 5.87. The summed E-state index contributed by atoms with van der Waals surface area (Å²) in [4.78, 5) is 13.7. The van der Waals surface area contributed by atoms with E-state index in [2.05, 4.69) is 6.92 Å². The van der Waals surface area contributed by atoms with Crippen LogP contribution in [-0.4, -0.2) is 23.9 Å². The molecule has 19 heavy (non-hydrogen) atoms. The Bertz CT molecular complexity index is 453. The standard InChI is InChI=1S/C15H24N2O2/c1-9(2)14(16)15(18)17(4)8-11-5-6-13(19-11)12-7-10(12)3/h5-6,9-10,12,14H,7-8,16H2,1-4H3/t10?,12?,14-/m0/s1. The lowest BCUT2D eigenvalue weighted by atomic mass is 10.0. The van der Waals surface area contributed by atoms with E-state index < -0.39 is 6.04 Å². The second-order valence-electron chi connectivity index (χ2n) is 6.09. The van der Waals surface area contributed by atoms with E-state index in [1.165, 1.54) is 6.42 Å². The number of carbonyl (C=O) groups excluding carboxylic acids is 1. The maximum Gasteiger partial charge on any atom is 0.239 e. The SMILES string of the molecule is CC1CC1c1ccc(CN(C)C(=O)[C@@H](N)C(C)C)o1. The molecule has 4 nitrogen and oxygen atoms in total. The number of nitrogens with zero attached hydrogens (tertiary/aromatic N) is 1. The first-order valence-electron chi connectivity index (χ1n) is 6.99.